The van der Waals surface area contributed by atoms with Crippen molar-refractivity contribution in [2.24, 2.45) is 0 Å². The van der Waals surface area contributed by atoms with Crippen LogP contribution in [0.3, 0.4) is 0 Å². The van der Waals surface area contributed by atoms with Gasteiger partial charge in [-0.3, -0.25) is 0 Å². The Kier molecular flexibility index (Phi) is 5.95. The number of rotatable bonds is 6. The van der Waals surface area contributed by atoms with Crippen molar-refractivity contribution in [1.29, 1.82) is 0 Å². The molecule has 0 aromatic carbocycles. The molecule has 0 spiro atoms. The van der Waals surface area contributed by atoms with E-state index in [2.05, 4.69) is 5.32 Å². The maximum Gasteiger partial charge on any atom is 0.408 e. The Morgan fingerprint density at radius 2 is 1.83 bits per heavy atom. The SMILES string of the molecule is CCCCOC(=O)C1(NC(=O)OCC)CCCC1. The highest BCUT2D eigenvalue weighted by molar-refractivity contribution is 5.86. The molecule has 0 saturated heterocycles. The molecule has 0 aromatic heterocycles. The number of alkyl carbamates (subject to hydrolysis) is 1. The zero-order valence-electron chi connectivity index (χ0n) is 11.3. The van der Waals surface area contributed by atoms with Crippen LogP contribution in [-0.4, -0.2) is 30.8 Å². The second-order valence-electron chi connectivity index (χ2n) is 4.62. The Morgan fingerprint density at radius 1 is 1.17 bits per heavy atom. The number of nitrogens with one attached hydrogen (secondary N) is 1. The minimum Gasteiger partial charge on any atom is -0.464 e. The Labute approximate surface area is 108 Å². The van der Waals surface area contributed by atoms with Crippen molar-refractivity contribution >= 4 is 12.1 Å². The standard InChI is InChI=1S/C13H23NO4/c1-3-5-10-18-11(15)13(8-6-7-9-13)14-12(16)17-4-2/h3-10H2,1-2H3,(H,14,16). The number of amides is 1. The molecule has 5 nitrogen and oxygen atoms in total. The Hall–Kier alpha value is -1.26. The summed E-state index contributed by atoms with van der Waals surface area (Å²) in [7, 11) is 0. The lowest BCUT2D eigenvalue weighted by molar-refractivity contribution is -0.151. The van der Waals surface area contributed by atoms with Crippen LogP contribution in [0.4, 0.5) is 4.79 Å². The first-order valence-electron chi connectivity index (χ1n) is 6.77. The molecule has 0 heterocycles. The molecular formula is C13H23NO4. The van der Waals surface area contributed by atoms with Gasteiger partial charge in [-0.05, 0) is 26.2 Å². The van der Waals surface area contributed by atoms with E-state index in [1.807, 2.05) is 6.92 Å². The largest absolute Gasteiger partial charge is 0.464 e. The van der Waals surface area contributed by atoms with Gasteiger partial charge in [0.2, 0.25) is 0 Å². The molecule has 1 N–H and O–H groups in total. The van der Waals surface area contributed by atoms with E-state index in [4.69, 9.17) is 9.47 Å². The predicted octanol–water partition coefficient (Wildman–Crippen LogP) is 2.39. The summed E-state index contributed by atoms with van der Waals surface area (Å²) in [6.45, 7) is 4.49. The van der Waals surface area contributed by atoms with Gasteiger partial charge in [0.05, 0.1) is 13.2 Å². The number of ether oxygens (including phenoxy) is 2. The van der Waals surface area contributed by atoms with Gasteiger partial charge in [-0.2, -0.15) is 0 Å². The average Bonchev–Trinajstić information content (AvgIpc) is 2.79. The first-order chi connectivity index (χ1) is 8.64. The van der Waals surface area contributed by atoms with Crippen molar-refractivity contribution in [3.8, 4) is 0 Å². The molecule has 104 valence electrons. The summed E-state index contributed by atoms with van der Waals surface area (Å²) in [4.78, 5) is 23.6. The topological polar surface area (TPSA) is 64.6 Å². The summed E-state index contributed by atoms with van der Waals surface area (Å²) in [6, 6.07) is 0. The molecule has 0 bridgehead atoms. The maximum atomic E-state index is 12.1. The van der Waals surface area contributed by atoms with Crippen LogP contribution in [0.1, 0.15) is 52.4 Å². The molecule has 0 unspecified atom stereocenters. The maximum absolute atomic E-state index is 12.1. The molecular weight excluding hydrogens is 234 g/mol. The molecule has 18 heavy (non-hydrogen) atoms. The predicted molar refractivity (Wildman–Crippen MR) is 67.2 cm³/mol. The third-order valence-corrected chi connectivity index (χ3v) is 3.20. The molecule has 1 rings (SSSR count). The molecule has 1 saturated carbocycles. The highest BCUT2D eigenvalue weighted by Crippen LogP contribution is 2.31. The monoisotopic (exact) mass is 257 g/mol. The molecule has 0 aromatic rings. The van der Waals surface area contributed by atoms with Gasteiger partial charge >= 0.3 is 12.1 Å². The van der Waals surface area contributed by atoms with Gasteiger partial charge in [0, 0.05) is 0 Å². The van der Waals surface area contributed by atoms with Crippen LogP contribution in [0.25, 0.3) is 0 Å². The second-order valence-corrected chi connectivity index (χ2v) is 4.62. The van der Waals surface area contributed by atoms with Crippen molar-refractivity contribution in [2.45, 2.75) is 57.9 Å². The van der Waals surface area contributed by atoms with Crippen molar-refractivity contribution in [3.05, 3.63) is 0 Å². The summed E-state index contributed by atoms with van der Waals surface area (Å²) < 4.78 is 10.1. The van der Waals surface area contributed by atoms with E-state index in [9.17, 15) is 9.59 Å². The van der Waals surface area contributed by atoms with Crippen molar-refractivity contribution in [3.63, 3.8) is 0 Å². The third kappa shape index (κ3) is 3.89. The zero-order chi connectivity index (χ0) is 13.4. The van der Waals surface area contributed by atoms with Crippen LogP contribution < -0.4 is 5.32 Å². The smallest absolute Gasteiger partial charge is 0.408 e. The van der Waals surface area contributed by atoms with Gasteiger partial charge in [0.25, 0.3) is 0 Å². The highest BCUT2D eigenvalue weighted by atomic mass is 16.6. The molecule has 0 atom stereocenters. The molecule has 1 amide bonds. The Bertz CT molecular complexity index is 285. The summed E-state index contributed by atoms with van der Waals surface area (Å²) in [5, 5.41) is 2.68. The van der Waals surface area contributed by atoms with Gasteiger partial charge in [0.1, 0.15) is 5.54 Å². The van der Waals surface area contributed by atoms with Crippen LogP contribution in [-0.2, 0) is 14.3 Å². The fraction of sp³-hybridized carbons (Fsp3) is 0.846. The molecule has 0 aliphatic heterocycles. The Morgan fingerprint density at radius 3 is 2.39 bits per heavy atom. The van der Waals surface area contributed by atoms with E-state index in [0.29, 0.717) is 26.1 Å². The lowest BCUT2D eigenvalue weighted by Gasteiger charge is -2.27. The number of hydrogen-bond acceptors (Lipinski definition) is 4. The third-order valence-electron chi connectivity index (χ3n) is 3.20. The minimum absolute atomic E-state index is 0.298. The zero-order valence-corrected chi connectivity index (χ0v) is 11.3. The summed E-state index contributed by atoms with van der Waals surface area (Å²) in [5.41, 5.74) is -0.861. The number of carbonyl (C=O) groups excluding carboxylic acids is 2. The van der Waals surface area contributed by atoms with Gasteiger partial charge in [-0.1, -0.05) is 26.2 Å². The lowest BCUT2D eigenvalue weighted by atomic mass is 9.98. The number of unbranched alkanes of at least 4 members (excludes halogenated alkanes) is 1. The van der Waals surface area contributed by atoms with Crippen molar-refractivity contribution < 1.29 is 19.1 Å². The fourth-order valence-electron chi connectivity index (χ4n) is 2.17. The van der Waals surface area contributed by atoms with Crippen LogP contribution in [0.5, 0.6) is 0 Å². The lowest BCUT2D eigenvalue weighted by Crippen LogP contribution is -2.53. The first-order valence-corrected chi connectivity index (χ1v) is 6.77. The van der Waals surface area contributed by atoms with Crippen LogP contribution in [0, 0.1) is 0 Å². The summed E-state index contributed by atoms with van der Waals surface area (Å²) in [5.74, 6) is -0.318. The Balaban J connectivity index is 2.56. The van der Waals surface area contributed by atoms with E-state index in [-0.39, 0.29) is 5.97 Å². The van der Waals surface area contributed by atoms with E-state index in [0.717, 1.165) is 25.7 Å². The average molecular weight is 257 g/mol. The van der Waals surface area contributed by atoms with Gasteiger partial charge in [-0.25, -0.2) is 9.59 Å². The van der Waals surface area contributed by atoms with Gasteiger partial charge in [0.15, 0.2) is 0 Å². The van der Waals surface area contributed by atoms with Crippen LogP contribution >= 0.6 is 0 Å². The van der Waals surface area contributed by atoms with Crippen LogP contribution in [0.15, 0.2) is 0 Å². The van der Waals surface area contributed by atoms with E-state index in [1.165, 1.54) is 0 Å². The van der Waals surface area contributed by atoms with E-state index >= 15 is 0 Å². The summed E-state index contributed by atoms with van der Waals surface area (Å²) >= 11 is 0. The quantitative estimate of drug-likeness (QED) is 0.586. The first kappa shape index (κ1) is 14.8. The molecule has 5 heteroatoms. The fourth-order valence-corrected chi connectivity index (χ4v) is 2.17. The number of hydrogen-bond donors (Lipinski definition) is 1. The molecule has 1 aliphatic rings. The number of esters is 1. The summed E-state index contributed by atoms with van der Waals surface area (Å²) in [6.07, 6.45) is 4.41. The molecule has 1 aliphatic carbocycles. The van der Waals surface area contributed by atoms with Crippen molar-refractivity contribution in [2.75, 3.05) is 13.2 Å². The van der Waals surface area contributed by atoms with E-state index in [1.54, 1.807) is 6.92 Å². The van der Waals surface area contributed by atoms with Crippen molar-refractivity contribution in [1.82, 2.24) is 5.32 Å². The molecule has 0 radical (unpaired) electrons. The second kappa shape index (κ2) is 7.24. The van der Waals surface area contributed by atoms with Gasteiger partial charge < -0.3 is 14.8 Å². The normalized spacial score (nSPS) is 17.2. The number of carbonyl (C=O) groups is 2. The minimum atomic E-state index is -0.861. The van der Waals surface area contributed by atoms with Gasteiger partial charge in [-0.15, -0.1) is 0 Å². The molecule has 1 fully saturated rings. The van der Waals surface area contributed by atoms with Crippen LogP contribution in [0.2, 0.25) is 0 Å². The van der Waals surface area contributed by atoms with E-state index < -0.39 is 11.6 Å². The highest BCUT2D eigenvalue weighted by Gasteiger charge is 2.44.